The molecule has 1 heterocycles. The molecule has 1 fully saturated rings. The summed E-state index contributed by atoms with van der Waals surface area (Å²) in [7, 11) is 0. The van der Waals surface area contributed by atoms with Crippen LogP contribution < -0.4 is 0 Å². The Labute approximate surface area is 134 Å². The van der Waals surface area contributed by atoms with Crippen LogP contribution in [0.25, 0.3) is 0 Å². The minimum Gasteiger partial charge on any atom is -0.444 e. The third-order valence-electron chi connectivity index (χ3n) is 3.30. The molecule has 0 N–H and O–H groups in total. The van der Waals surface area contributed by atoms with Gasteiger partial charge in [0.1, 0.15) is 5.60 Å². The summed E-state index contributed by atoms with van der Waals surface area (Å²) in [6.07, 6.45) is 0.832. The van der Waals surface area contributed by atoms with E-state index in [1.165, 1.54) is 0 Å². The quantitative estimate of drug-likeness (QED) is 0.641. The van der Waals surface area contributed by atoms with E-state index in [0.717, 1.165) is 32.7 Å². The van der Waals surface area contributed by atoms with Crippen molar-refractivity contribution >= 4 is 6.09 Å². The molecule has 0 spiro atoms. The fourth-order valence-electron chi connectivity index (χ4n) is 2.14. The molecule has 1 aliphatic heterocycles. The molecular weight excluding hydrogens is 284 g/mol. The van der Waals surface area contributed by atoms with Crippen molar-refractivity contribution < 1.29 is 19.0 Å². The zero-order valence-corrected chi connectivity index (χ0v) is 14.6. The monoisotopic (exact) mass is 316 g/mol. The summed E-state index contributed by atoms with van der Waals surface area (Å²) in [4.78, 5) is 16.0. The number of ether oxygens (including phenoxy) is 3. The van der Waals surface area contributed by atoms with Gasteiger partial charge in [0.2, 0.25) is 0 Å². The predicted molar refractivity (Wildman–Crippen MR) is 86.2 cm³/mol. The molecule has 0 bridgehead atoms. The minimum absolute atomic E-state index is 0.212. The van der Waals surface area contributed by atoms with Crippen molar-refractivity contribution in [3.8, 4) is 0 Å². The van der Waals surface area contributed by atoms with Gasteiger partial charge < -0.3 is 19.1 Å². The van der Waals surface area contributed by atoms with Crippen LogP contribution in [0.5, 0.6) is 0 Å². The lowest BCUT2D eigenvalue weighted by Gasteiger charge is -2.35. The van der Waals surface area contributed by atoms with Crippen LogP contribution in [-0.4, -0.2) is 80.6 Å². The maximum Gasteiger partial charge on any atom is 0.410 e. The molecule has 0 unspecified atom stereocenters. The molecule has 0 atom stereocenters. The summed E-state index contributed by atoms with van der Waals surface area (Å²) < 4.78 is 16.3. The number of amides is 1. The summed E-state index contributed by atoms with van der Waals surface area (Å²) >= 11 is 0. The summed E-state index contributed by atoms with van der Waals surface area (Å²) in [5, 5.41) is 0. The van der Waals surface area contributed by atoms with E-state index < -0.39 is 5.60 Å². The number of carbonyl (C=O) groups excluding carboxylic acids is 1. The third-order valence-corrected chi connectivity index (χ3v) is 3.30. The van der Waals surface area contributed by atoms with Crippen molar-refractivity contribution in [1.29, 1.82) is 0 Å². The number of piperazine rings is 1. The molecule has 1 saturated heterocycles. The van der Waals surface area contributed by atoms with Crippen LogP contribution in [0.1, 0.15) is 34.1 Å². The molecule has 1 amide bonds. The fourth-order valence-corrected chi connectivity index (χ4v) is 2.14. The van der Waals surface area contributed by atoms with E-state index >= 15 is 0 Å². The van der Waals surface area contributed by atoms with Crippen LogP contribution in [-0.2, 0) is 14.2 Å². The molecule has 0 radical (unpaired) electrons. The highest BCUT2D eigenvalue weighted by atomic mass is 16.6. The standard InChI is InChI=1S/C16H32N2O4/c1-5-11-20-13-14-21-12-10-17-6-8-18(9-7-17)15(19)22-16(2,3)4/h5-14H2,1-4H3. The van der Waals surface area contributed by atoms with E-state index in [4.69, 9.17) is 14.2 Å². The van der Waals surface area contributed by atoms with Gasteiger partial charge in [0.15, 0.2) is 0 Å². The van der Waals surface area contributed by atoms with Crippen LogP contribution in [0.2, 0.25) is 0 Å². The Hall–Kier alpha value is -0.850. The van der Waals surface area contributed by atoms with Gasteiger partial charge in [0.05, 0.1) is 19.8 Å². The van der Waals surface area contributed by atoms with Gasteiger partial charge in [-0.15, -0.1) is 0 Å². The van der Waals surface area contributed by atoms with Crippen LogP contribution in [0, 0.1) is 0 Å². The Morgan fingerprint density at radius 2 is 1.55 bits per heavy atom. The first-order chi connectivity index (χ1) is 10.4. The molecule has 0 aliphatic carbocycles. The van der Waals surface area contributed by atoms with Gasteiger partial charge in [0.25, 0.3) is 0 Å². The van der Waals surface area contributed by atoms with Crippen molar-refractivity contribution in [2.24, 2.45) is 0 Å². The Bertz CT molecular complexity index is 310. The molecule has 1 aliphatic rings. The molecule has 6 heteroatoms. The van der Waals surface area contributed by atoms with Gasteiger partial charge in [-0.25, -0.2) is 4.79 Å². The van der Waals surface area contributed by atoms with Crippen molar-refractivity contribution in [2.45, 2.75) is 39.7 Å². The zero-order chi connectivity index (χ0) is 16.4. The van der Waals surface area contributed by atoms with Crippen molar-refractivity contribution in [3.05, 3.63) is 0 Å². The lowest BCUT2D eigenvalue weighted by molar-refractivity contribution is 0.00818. The first-order valence-corrected chi connectivity index (χ1v) is 8.28. The molecule has 130 valence electrons. The topological polar surface area (TPSA) is 51.2 Å². The van der Waals surface area contributed by atoms with E-state index in [-0.39, 0.29) is 6.09 Å². The SMILES string of the molecule is CCCOCCOCCN1CCN(C(=O)OC(C)(C)C)CC1. The normalized spacial score (nSPS) is 16.8. The fraction of sp³-hybridized carbons (Fsp3) is 0.938. The summed E-state index contributed by atoms with van der Waals surface area (Å²) in [5.74, 6) is 0. The molecule has 0 aromatic rings. The first-order valence-electron chi connectivity index (χ1n) is 8.28. The summed E-state index contributed by atoms with van der Waals surface area (Å²) in [6, 6.07) is 0. The zero-order valence-electron chi connectivity index (χ0n) is 14.6. The highest BCUT2D eigenvalue weighted by Gasteiger charge is 2.25. The second-order valence-electron chi connectivity index (χ2n) is 6.53. The molecular formula is C16H32N2O4. The molecule has 1 rings (SSSR count). The molecule has 22 heavy (non-hydrogen) atoms. The Kier molecular flexibility index (Phi) is 8.75. The van der Waals surface area contributed by atoms with E-state index in [9.17, 15) is 4.79 Å². The first kappa shape index (κ1) is 19.2. The maximum atomic E-state index is 12.0. The van der Waals surface area contributed by atoms with E-state index in [2.05, 4.69) is 11.8 Å². The molecule has 0 aromatic carbocycles. The van der Waals surface area contributed by atoms with E-state index in [0.29, 0.717) is 32.9 Å². The van der Waals surface area contributed by atoms with E-state index in [1.807, 2.05) is 20.8 Å². The minimum atomic E-state index is -0.429. The predicted octanol–water partition coefficient (Wildman–Crippen LogP) is 1.98. The average molecular weight is 316 g/mol. The van der Waals surface area contributed by atoms with Crippen molar-refractivity contribution in [2.75, 3.05) is 59.2 Å². The molecule has 0 aromatic heterocycles. The number of carbonyl (C=O) groups is 1. The summed E-state index contributed by atoms with van der Waals surface area (Å²) in [5.41, 5.74) is -0.429. The van der Waals surface area contributed by atoms with Gasteiger partial charge in [-0.3, -0.25) is 4.90 Å². The number of rotatable bonds is 8. The molecule has 6 nitrogen and oxygen atoms in total. The highest BCUT2D eigenvalue weighted by Crippen LogP contribution is 2.11. The van der Waals surface area contributed by atoms with Gasteiger partial charge >= 0.3 is 6.09 Å². The maximum absolute atomic E-state index is 12.0. The van der Waals surface area contributed by atoms with Gasteiger partial charge in [-0.2, -0.15) is 0 Å². The number of hydrogen-bond donors (Lipinski definition) is 0. The smallest absolute Gasteiger partial charge is 0.410 e. The van der Waals surface area contributed by atoms with Crippen LogP contribution in [0.15, 0.2) is 0 Å². The summed E-state index contributed by atoms with van der Waals surface area (Å²) in [6.45, 7) is 14.7. The van der Waals surface area contributed by atoms with Crippen LogP contribution in [0.4, 0.5) is 4.79 Å². The second-order valence-corrected chi connectivity index (χ2v) is 6.53. The average Bonchev–Trinajstić information content (AvgIpc) is 2.45. The lowest BCUT2D eigenvalue weighted by atomic mass is 10.2. The third kappa shape index (κ3) is 8.56. The van der Waals surface area contributed by atoms with Crippen LogP contribution >= 0.6 is 0 Å². The van der Waals surface area contributed by atoms with Gasteiger partial charge in [-0.1, -0.05) is 6.92 Å². The Balaban J connectivity index is 2.06. The number of hydrogen-bond acceptors (Lipinski definition) is 5. The largest absolute Gasteiger partial charge is 0.444 e. The lowest BCUT2D eigenvalue weighted by Crippen LogP contribution is -2.50. The number of nitrogens with zero attached hydrogens (tertiary/aromatic N) is 2. The second kappa shape index (κ2) is 10.0. The Morgan fingerprint density at radius 3 is 2.09 bits per heavy atom. The van der Waals surface area contributed by atoms with Gasteiger partial charge in [0, 0.05) is 39.3 Å². The van der Waals surface area contributed by atoms with Crippen molar-refractivity contribution in [1.82, 2.24) is 9.80 Å². The molecule has 0 saturated carbocycles. The van der Waals surface area contributed by atoms with Crippen LogP contribution in [0.3, 0.4) is 0 Å². The van der Waals surface area contributed by atoms with E-state index in [1.54, 1.807) is 4.90 Å². The van der Waals surface area contributed by atoms with Crippen molar-refractivity contribution in [3.63, 3.8) is 0 Å². The Morgan fingerprint density at radius 1 is 0.955 bits per heavy atom. The van der Waals surface area contributed by atoms with Gasteiger partial charge in [-0.05, 0) is 27.2 Å². The highest BCUT2D eigenvalue weighted by molar-refractivity contribution is 5.68.